The van der Waals surface area contributed by atoms with Crippen molar-refractivity contribution in [3.63, 3.8) is 0 Å². The highest BCUT2D eigenvalue weighted by Gasteiger charge is 2.42. The maximum absolute atomic E-state index is 13.9. The number of aromatic nitrogens is 1. The van der Waals surface area contributed by atoms with Crippen LogP contribution in [0.4, 0.5) is 17.6 Å². The van der Waals surface area contributed by atoms with Crippen LogP contribution in [0.5, 0.6) is 5.75 Å². The molecule has 0 unspecified atom stereocenters. The van der Waals surface area contributed by atoms with Crippen molar-refractivity contribution in [1.82, 2.24) is 14.9 Å². The van der Waals surface area contributed by atoms with Gasteiger partial charge in [0.1, 0.15) is 23.9 Å². The number of nitrogens with one attached hydrogen (secondary N) is 1. The fourth-order valence-corrected chi connectivity index (χ4v) is 4.69. The second kappa shape index (κ2) is 10.4. The summed E-state index contributed by atoms with van der Waals surface area (Å²) in [6.07, 6.45) is 2.08. The van der Waals surface area contributed by atoms with Crippen LogP contribution in [0.2, 0.25) is 0 Å². The molecule has 1 aliphatic heterocycles. The van der Waals surface area contributed by atoms with Gasteiger partial charge in [0.2, 0.25) is 11.4 Å². The Kier molecular flexibility index (Phi) is 7.47. The van der Waals surface area contributed by atoms with Gasteiger partial charge < -0.3 is 15.3 Å². The molecular formula is C25H28F4N4O4. The number of fused-ring (bicyclic) bond motifs is 1. The minimum absolute atomic E-state index is 0.00881. The predicted molar refractivity (Wildman–Crippen MR) is 126 cm³/mol. The Morgan fingerprint density at radius 1 is 1.19 bits per heavy atom. The van der Waals surface area contributed by atoms with E-state index < -0.39 is 52.2 Å². The molecule has 1 aromatic heterocycles. The summed E-state index contributed by atoms with van der Waals surface area (Å²) in [6, 6.07) is 2.37. The molecule has 0 radical (unpaired) electrons. The number of unbranched alkanes of at least 4 members (excludes halogenated alkanes) is 1. The van der Waals surface area contributed by atoms with E-state index in [9.17, 15) is 37.1 Å². The van der Waals surface area contributed by atoms with E-state index >= 15 is 0 Å². The number of amides is 2. The van der Waals surface area contributed by atoms with Crippen molar-refractivity contribution in [3.8, 4) is 5.75 Å². The first-order chi connectivity index (χ1) is 17.5. The number of rotatable bonds is 7. The second-order valence-electron chi connectivity index (χ2n) is 9.42. The molecule has 1 fully saturated rings. The van der Waals surface area contributed by atoms with Gasteiger partial charge in [-0.15, -0.1) is 0 Å². The Morgan fingerprint density at radius 2 is 1.89 bits per heavy atom. The Hall–Kier alpha value is -3.57. The Bertz CT molecular complexity index is 1260. The molecule has 2 heterocycles. The number of alkyl halides is 2. The normalized spacial score (nSPS) is 17.6. The van der Waals surface area contributed by atoms with E-state index in [1.54, 1.807) is 5.01 Å². The molecule has 0 bridgehead atoms. The van der Waals surface area contributed by atoms with Crippen LogP contribution in [0.25, 0.3) is 0 Å². The van der Waals surface area contributed by atoms with Crippen LogP contribution in [0, 0.1) is 11.6 Å². The van der Waals surface area contributed by atoms with Crippen molar-refractivity contribution in [1.29, 1.82) is 0 Å². The van der Waals surface area contributed by atoms with Gasteiger partial charge in [-0.2, -0.15) is 0 Å². The molecule has 2 aromatic rings. The van der Waals surface area contributed by atoms with E-state index in [4.69, 9.17) is 0 Å². The number of pyridine rings is 1. The van der Waals surface area contributed by atoms with Gasteiger partial charge in [0.25, 0.3) is 11.8 Å². The summed E-state index contributed by atoms with van der Waals surface area (Å²) >= 11 is 0. The average molecular weight is 525 g/mol. The monoisotopic (exact) mass is 524 g/mol. The Morgan fingerprint density at radius 3 is 2.54 bits per heavy atom. The van der Waals surface area contributed by atoms with E-state index in [1.807, 2.05) is 6.92 Å². The lowest BCUT2D eigenvalue weighted by Crippen LogP contribution is -2.58. The van der Waals surface area contributed by atoms with Gasteiger partial charge in [0.05, 0.1) is 0 Å². The van der Waals surface area contributed by atoms with E-state index in [2.05, 4.69) is 5.32 Å². The fraction of sp³-hybridized carbons (Fsp3) is 0.480. The highest BCUT2D eigenvalue weighted by atomic mass is 19.3. The number of aromatic hydroxyl groups is 1. The number of benzene rings is 1. The molecule has 4 rings (SSSR count). The van der Waals surface area contributed by atoms with Crippen molar-refractivity contribution in [2.45, 2.75) is 64.0 Å². The van der Waals surface area contributed by atoms with Gasteiger partial charge in [-0.1, -0.05) is 19.4 Å². The third-order valence-electron chi connectivity index (χ3n) is 6.84. The van der Waals surface area contributed by atoms with E-state index in [-0.39, 0.29) is 50.2 Å². The fourth-order valence-electron chi connectivity index (χ4n) is 4.69. The van der Waals surface area contributed by atoms with Crippen LogP contribution in [0.15, 0.2) is 29.2 Å². The molecule has 2 aliphatic rings. The third kappa shape index (κ3) is 5.42. The SMILES string of the molecule is CCCCN1CN(C2CCC(F)(F)CC2)C(=O)c2c(O)c(=O)c(C(=O)NCc3ccc(F)cc3F)cn21. The zero-order valence-electron chi connectivity index (χ0n) is 20.3. The van der Waals surface area contributed by atoms with Gasteiger partial charge >= 0.3 is 0 Å². The summed E-state index contributed by atoms with van der Waals surface area (Å²) in [5.74, 6) is -6.97. The molecule has 8 nitrogen and oxygen atoms in total. The molecule has 2 N–H and O–H groups in total. The van der Waals surface area contributed by atoms with Crippen LogP contribution in [-0.2, 0) is 6.54 Å². The number of halogens is 4. The summed E-state index contributed by atoms with van der Waals surface area (Å²) in [4.78, 5) is 40.5. The first-order valence-electron chi connectivity index (χ1n) is 12.2. The topological polar surface area (TPSA) is 94.9 Å². The van der Waals surface area contributed by atoms with Crippen LogP contribution >= 0.6 is 0 Å². The molecule has 0 saturated heterocycles. The van der Waals surface area contributed by atoms with Gasteiger partial charge in [-0.25, -0.2) is 17.6 Å². The minimum Gasteiger partial charge on any atom is -0.502 e. The summed E-state index contributed by atoms with van der Waals surface area (Å²) in [6.45, 7) is 2.05. The molecule has 12 heteroatoms. The van der Waals surface area contributed by atoms with Crippen LogP contribution in [-0.4, -0.2) is 51.7 Å². The van der Waals surface area contributed by atoms with Crippen LogP contribution in [0.3, 0.4) is 0 Å². The van der Waals surface area contributed by atoms with Crippen molar-refractivity contribution in [3.05, 3.63) is 63.1 Å². The highest BCUT2D eigenvalue weighted by molar-refractivity contribution is 5.99. The van der Waals surface area contributed by atoms with Crippen molar-refractivity contribution < 1.29 is 32.3 Å². The number of carbonyl (C=O) groups is 2. The maximum Gasteiger partial charge on any atom is 0.278 e. The average Bonchev–Trinajstić information content (AvgIpc) is 2.85. The number of nitrogens with zero attached hydrogens (tertiary/aromatic N) is 3. The van der Waals surface area contributed by atoms with Crippen LogP contribution in [0.1, 0.15) is 71.9 Å². The largest absolute Gasteiger partial charge is 0.502 e. The third-order valence-corrected chi connectivity index (χ3v) is 6.84. The zero-order valence-corrected chi connectivity index (χ0v) is 20.3. The maximum atomic E-state index is 13.9. The lowest BCUT2D eigenvalue weighted by Gasteiger charge is -2.44. The van der Waals surface area contributed by atoms with Gasteiger partial charge in [0, 0.05) is 49.8 Å². The molecule has 1 aromatic carbocycles. The first-order valence-corrected chi connectivity index (χ1v) is 12.2. The van der Waals surface area contributed by atoms with Crippen LogP contribution < -0.4 is 15.8 Å². The summed E-state index contributed by atoms with van der Waals surface area (Å²) in [7, 11) is 0. The van der Waals surface area contributed by atoms with Gasteiger partial charge in [-0.05, 0) is 25.3 Å². The quantitative estimate of drug-likeness (QED) is 0.541. The summed E-state index contributed by atoms with van der Waals surface area (Å²) < 4.78 is 55.7. The van der Waals surface area contributed by atoms with E-state index in [0.29, 0.717) is 19.0 Å². The first kappa shape index (κ1) is 26.5. The number of hydrogen-bond acceptors (Lipinski definition) is 5. The van der Waals surface area contributed by atoms with Gasteiger partial charge in [0.15, 0.2) is 11.4 Å². The van der Waals surface area contributed by atoms with Gasteiger partial charge in [-0.3, -0.25) is 24.1 Å². The molecular weight excluding hydrogens is 496 g/mol. The molecule has 0 atom stereocenters. The predicted octanol–water partition coefficient (Wildman–Crippen LogP) is 3.49. The number of hydrogen-bond donors (Lipinski definition) is 2. The molecule has 1 aliphatic carbocycles. The second-order valence-corrected chi connectivity index (χ2v) is 9.42. The van der Waals surface area contributed by atoms with Crippen molar-refractivity contribution >= 4 is 11.8 Å². The molecule has 37 heavy (non-hydrogen) atoms. The number of carbonyl (C=O) groups excluding carboxylic acids is 2. The summed E-state index contributed by atoms with van der Waals surface area (Å²) in [5.41, 5.74) is -1.91. The van der Waals surface area contributed by atoms with E-state index in [1.165, 1.54) is 9.58 Å². The lowest BCUT2D eigenvalue weighted by molar-refractivity contribution is -0.0522. The van der Waals surface area contributed by atoms with Crippen molar-refractivity contribution in [2.75, 3.05) is 18.2 Å². The molecule has 2 amide bonds. The zero-order chi connectivity index (χ0) is 26.9. The molecule has 1 saturated carbocycles. The standard InChI is InChI=1S/C25H28F4N4O4/c1-2-3-10-31-14-32(17-6-8-25(28,29)9-7-17)24(37)20-22(35)21(34)18(13-33(20)31)23(36)30-12-15-4-5-16(26)11-19(15)27/h4-5,11,13,17,35H,2-3,6-10,12,14H2,1H3,(H,30,36). The summed E-state index contributed by atoms with van der Waals surface area (Å²) in [5, 5.41) is 14.8. The lowest BCUT2D eigenvalue weighted by atomic mass is 9.91. The van der Waals surface area contributed by atoms with Crippen molar-refractivity contribution in [2.24, 2.45) is 0 Å². The Labute approximate surface area is 210 Å². The minimum atomic E-state index is -2.78. The smallest absolute Gasteiger partial charge is 0.278 e. The van der Waals surface area contributed by atoms with E-state index in [0.717, 1.165) is 24.8 Å². The highest BCUT2D eigenvalue weighted by Crippen LogP contribution is 2.36. The molecule has 0 spiro atoms. The Balaban J connectivity index is 1.64. The molecule has 200 valence electrons.